The fraction of sp³-hybridized carbons (Fsp3) is 0.500. The van der Waals surface area contributed by atoms with E-state index in [4.69, 9.17) is 9.47 Å². The van der Waals surface area contributed by atoms with Crippen molar-refractivity contribution in [1.82, 2.24) is 5.32 Å². The molecule has 0 spiro atoms. The van der Waals surface area contributed by atoms with Crippen molar-refractivity contribution < 1.29 is 29.6 Å². The molecule has 1 fully saturated rings. The molecule has 0 aliphatic carbocycles. The molecule has 21 heavy (non-hydrogen) atoms. The number of benzene rings is 1. The molecule has 1 amide bonds. The molecule has 1 aliphatic heterocycles. The van der Waals surface area contributed by atoms with Crippen LogP contribution in [0.1, 0.15) is 6.92 Å². The maximum atomic E-state index is 11.2. The SMILES string of the molecule is CC(=O)N[C@H]1C(Oc2ccccc2)O[C@H](CO)[C@H](O)[C@@H]1O. The van der Waals surface area contributed by atoms with Crippen molar-refractivity contribution in [2.24, 2.45) is 0 Å². The number of rotatable bonds is 4. The smallest absolute Gasteiger partial charge is 0.223 e. The zero-order valence-electron chi connectivity index (χ0n) is 11.5. The van der Waals surface area contributed by atoms with Gasteiger partial charge in [-0.2, -0.15) is 0 Å². The second kappa shape index (κ2) is 6.86. The van der Waals surface area contributed by atoms with Gasteiger partial charge in [0.15, 0.2) is 0 Å². The molecule has 116 valence electrons. The summed E-state index contributed by atoms with van der Waals surface area (Å²) in [6.45, 7) is 0.816. The lowest BCUT2D eigenvalue weighted by Crippen LogP contribution is -2.65. The van der Waals surface area contributed by atoms with Crippen molar-refractivity contribution >= 4 is 5.91 Å². The predicted molar refractivity (Wildman–Crippen MR) is 72.4 cm³/mol. The highest BCUT2D eigenvalue weighted by Gasteiger charge is 2.45. The molecule has 1 aromatic rings. The van der Waals surface area contributed by atoms with Crippen molar-refractivity contribution in [1.29, 1.82) is 0 Å². The van der Waals surface area contributed by atoms with Crippen molar-refractivity contribution in [3.8, 4) is 5.75 Å². The van der Waals surface area contributed by atoms with Gasteiger partial charge in [0.25, 0.3) is 0 Å². The molecule has 1 aliphatic rings. The quantitative estimate of drug-likeness (QED) is 0.568. The molecule has 1 unspecified atom stereocenters. The standard InChI is InChI=1S/C14H19NO6/c1-8(17)15-11-13(19)12(18)10(7-16)21-14(11)20-9-5-3-2-4-6-9/h2-6,10-14,16,18-19H,7H2,1H3,(H,15,17)/t10-,11-,12+,13-,14?/m1/s1. The third-order valence-electron chi connectivity index (χ3n) is 3.25. The minimum Gasteiger partial charge on any atom is -0.463 e. The topological polar surface area (TPSA) is 108 Å². The van der Waals surface area contributed by atoms with Crippen LogP contribution >= 0.6 is 0 Å². The van der Waals surface area contributed by atoms with Gasteiger partial charge in [-0.15, -0.1) is 0 Å². The van der Waals surface area contributed by atoms with Gasteiger partial charge in [0.2, 0.25) is 12.2 Å². The van der Waals surface area contributed by atoms with E-state index < -0.39 is 37.3 Å². The Morgan fingerprint density at radius 3 is 2.52 bits per heavy atom. The van der Waals surface area contributed by atoms with Gasteiger partial charge in [-0.25, -0.2) is 0 Å². The van der Waals surface area contributed by atoms with E-state index in [9.17, 15) is 20.1 Å². The number of ether oxygens (including phenoxy) is 2. The van der Waals surface area contributed by atoms with E-state index in [1.54, 1.807) is 24.3 Å². The van der Waals surface area contributed by atoms with Crippen molar-refractivity contribution in [3.63, 3.8) is 0 Å². The first-order valence-electron chi connectivity index (χ1n) is 6.64. The van der Waals surface area contributed by atoms with E-state index in [1.807, 2.05) is 6.07 Å². The Bertz CT molecular complexity index is 468. The summed E-state index contributed by atoms with van der Waals surface area (Å²) in [4.78, 5) is 11.2. The van der Waals surface area contributed by atoms with Gasteiger partial charge in [0.05, 0.1) is 6.61 Å². The average molecular weight is 297 g/mol. The van der Waals surface area contributed by atoms with Gasteiger partial charge in [-0.1, -0.05) is 18.2 Å². The van der Waals surface area contributed by atoms with Crippen molar-refractivity contribution in [2.45, 2.75) is 37.6 Å². The van der Waals surface area contributed by atoms with Crippen LogP contribution in [-0.4, -0.2) is 58.5 Å². The predicted octanol–water partition coefficient (Wildman–Crippen LogP) is -0.991. The number of carbonyl (C=O) groups is 1. The number of hydrogen-bond donors (Lipinski definition) is 4. The highest BCUT2D eigenvalue weighted by molar-refractivity contribution is 5.73. The molecule has 0 saturated carbocycles. The summed E-state index contributed by atoms with van der Waals surface area (Å²) in [6, 6.07) is 7.79. The summed E-state index contributed by atoms with van der Waals surface area (Å²) in [7, 11) is 0. The molecule has 1 aromatic carbocycles. The van der Waals surface area contributed by atoms with E-state index in [-0.39, 0.29) is 5.91 Å². The molecule has 7 heteroatoms. The Labute approximate surface area is 122 Å². The molecule has 0 bridgehead atoms. The van der Waals surface area contributed by atoms with Gasteiger partial charge in [-0.05, 0) is 12.1 Å². The Hall–Kier alpha value is -1.67. The van der Waals surface area contributed by atoms with Crippen LogP contribution in [0.3, 0.4) is 0 Å². The minimum absolute atomic E-state index is 0.390. The van der Waals surface area contributed by atoms with Crippen molar-refractivity contribution in [3.05, 3.63) is 30.3 Å². The van der Waals surface area contributed by atoms with Crippen LogP contribution in [-0.2, 0) is 9.53 Å². The number of hydrogen-bond acceptors (Lipinski definition) is 6. The van der Waals surface area contributed by atoms with E-state index in [0.29, 0.717) is 5.75 Å². The maximum Gasteiger partial charge on any atom is 0.223 e. The summed E-state index contributed by atoms with van der Waals surface area (Å²) in [5.74, 6) is 0.0945. The van der Waals surface area contributed by atoms with E-state index in [0.717, 1.165) is 0 Å². The van der Waals surface area contributed by atoms with Crippen LogP contribution in [0, 0.1) is 0 Å². The van der Waals surface area contributed by atoms with Crippen molar-refractivity contribution in [2.75, 3.05) is 6.61 Å². The Morgan fingerprint density at radius 2 is 1.95 bits per heavy atom. The fourth-order valence-electron chi connectivity index (χ4n) is 2.20. The van der Waals surface area contributed by atoms with E-state index in [2.05, 4.69) is 5.32 Å². The zero-order chi connectivity index (χ0) is 15.4. The molecule has 7 nitrogen and oxygen atoms in total. The first kappa shape index (κ1) is 15.7. The summed E-state index contributed by atoms with van der Waals surface area (Å²) >= 11 is 0. The number of nitrogens with one attached hydrogen (secondary N) is 1. The second-order valence-corrected chi connectivity index (χ2v) is 4.86. The molecular formula is C14H19NO6. The van der Waals surface area contributed by atoms with Gasteiger partial charge < -0.3 is 30.1 Å². The number of carbonyl (C=O) groups excluding carboxylic acids is 1. The third kappa shape index (κ3) is 3.70. The van der Waals surface area contributed by atoms with E-state index >= 15 is 0 Å². The Balaban J connectivity index is 2.18. The minimum atomic E-state index is -1.32. The Morgan fingerprint density at radius 1 is 1.29 bits per heavy atom. The highest BCUT2D eigenvalue weighted by atomic mass is 16.7. The van der Waals surface area contributed by atoms with Crippen LogP contribution in [0.2, 0.25) is 0 Å². The molecule has 1 heterocycles. The number of aliphatic hydroxyl groups excluding tert-OH is 3. The number of aliphatic hydroxyl groups is 3. The zero-order valence-corrected chi connectivity index (χ0v) is 11.5. The first-order chi connectivity index (χ1) is 10.0. The second-order valence-electron chi connectivity index (χ2n) is 4.86. The third-order valence-corrected chi connectivity index (χ3v) is 3.25. The van der Waals surface area contributed by atoms with Gasteiger partial charge in [0, 0.05) is 6.92 Å². The average Bonchev–Trinajstić information content (AvgIpc) is 2.47. The number of amides is 1. The lowest BCUT2D eigenvalue weighted by Gasteiger charge is -2.42. The van der Waals surface area contributed by atoms with Crippen LogP contribution < -0.4 is 10.1 Å². The summed E-state index contributed by atoms with van der Waals surface area (Å²) in [5.41, 5.74) is 0. The summed E-state index contributed by atoms with van der Waals surface area (Å²) in [6.07, 6.45) is -4.64. The molecular weight excluding hydrogens is 278 g/mol. The lowest BCUT2D eigenvalue weighted by molar-refractivity contribution is -0.244. The lowest BCUT2D eigenvalue weighted by atomic mass is 9.97. The van der Waals surface area contributed by atoms with Gasteiger partial charge in [0.1, 0.15) is 30.1 Å². The van der Waals surface area contributed by atoms with Crippen LogP contribution in [0.15, 0.2) is 30.3 Å². The number of para-hydroxylation sites is 1. The largest absolute Gasteiger partial charge is 0.463 e. The van der Waals surface area contributed by atoms with Crippen LogP contribution in [0.5, 0.6) is 5.75 Å². The molecule has 1 saturated heterocycles. The summed E-state index contributed by atoms with van der Waals surface area (Å²) < 4.78 is 11.0. The fourth-order valence-corrected chi connectivity index (χ4v) is 2.20. The molecule has 4 N–H and O–H groups in total. The molecule has 2 rings (SSSR count). The maximum absolute atomic E-state index is 11.2. The van der Waals surface area contributed by atoms with Gasteiger partial charge in [-0.3, -0.25) is 4.79 Å². The van der Waals surface area contributed by atoms with Crippen LogP contribution in [0.4, 0.5) is 0 Å². The Kier molecular flexibility index (Phi) is 5.13. The van der Waals surface area contributed by atoms with E-state index in [1.165, 1.54) is 6.92 Å². The van der Waals surface area contributed by atoms with Gasteiger partial charge >= 0.3 is 0 Å². The molecule has 0 aromatic heterocycles. The summed E-state index contributed by atoms with van der Waals surface area (Å²) in [5, 5.41) is 31.7. The molecule has 0 radical (unpaired) electrons. The monoisotopic (exact) mass is 297 g/mol. The first-order valence-corrected chi connectivity index (χ1v) is 6.64. The van der Waals surface area contributed by atoms with Crippen LogP contribution in [0.25, 0.3) is 0 Å². The highest BCUT2D eigenvalue weighted by Crippen LogP contribution is 2.24. The molecule has 5 atom stereocenters. The normalized spacial score (nSPS) is 32.5.